The fraction of sp³-hybridized carbons (Fsp3) is 0.900. The molecule has 0 rings (SSSR count). The average molecular weight is 748 g/mol. The number of carboxylic acid groups (broad SMARTS) is 1. The Bertz CT molecular complexity index is 873. The Labute approximate surface area is 312 Å². The van der Waals surface area contributed by atoms with Crippen molar-refractivity contribution >= 4 is 19.8 Å². The van der Waals surface area contributed by atoms with Gasteiger partial charge in [0, 0.05) is 13.0 Å². The molecule has 0 aromatic carbocycles. The van der Waals surface area contributed by atoms with E-state index in [1.54, 1.807) is 0 Å². The van der Waals surface area contributed by atoms with E-state index in [1.807, 2.05) is 0 Å². The number of nitrogens with two attached hydrogens (primary N) is 1. The summed E-state index contributed by atoms with van der Waals surface area (Å²) in [5.74, 6) is -1.78. The SMILES string of the molecule is CCCCCCCCCC/C=C\CCCCCCCCCCCCOCC(COP(=O)(O)OCC(N)C(=O)O)OC(=O)CCCCCCCCC. The van der Waals surface area contributed by atoms with Gasteiger partial charge in [-0.3, -0.25) is 18.6 Å². The number of unbranched alkanes of at least 4 members (excludes halogenated alkanes) is 24. The number of phosphoric acid groups is 1. The molecule has 4 N–H and O–H groups in total. The minimum Gasteiger partial charge on any atom is -0.480 e. The number of carboxylic acids is 1. The zero-order chi connectivity index (χ0) is 37.7. The second-order valence-electron chi connectivity index (χ2n) is 14.1. The van der Waals surface area contributed by atoms with Crippen molar-refractivity contribution in [2.45, 2.75) is 206 Å². The van der Waals surface area contributed by atoms with Crippen LogP contribution in [0.3, 0.4) is 0 Å². The number of carbonyl (C=O) groups excluding carboxylic acids is 1. The molecule has 0 aliphatic rings. The smallest absolute Gasteiger partial charge is 0.472 e. The minimum atomic E-state index is -4.60. The van der Waals surface area contributed by atoms with Gasteiger partial charge in [0.15, 0.2) is 0 Å². The van der Waals surface area contributed by atoms with Gasteiger partial charge in [0.1, 0.15) is 12.1 Å². The van der Waals surface area contributed by atoms with Crippen molar-refractivity contribution in [3.63, 3.8) is 0 Å². The normalized spacial score (nSPS) is 14.1. The second-order valence-corrected chi connectivity index (χ2v) is 15.6. The summed E-state index contributed by atoms with van der Waals surface area (Å²) in [6.45, 7) is 3.84. The summed E-state index contributed by atoms with van der Waals surface area (Å²) in [5.41, 5.74) is 5.33. The molecule has 0 aromatic heterocycles. The lowest BCUT2D eigenvalue weighted by Crippen LogP contribution is -2.34. The maximum atomic E-state index is 12.5. The van der Waals surface area contributed by atoms with Crippen molar-refractivity contribution in [1.29, 1.82) is 0 Å². The molecule has 0 heterocycles. The van der Waals surface area contributed by atoms with Gasteiger partial charge in [-0.15, -0.1) is 0 Å². The van der Waals surface area contributed by atoms with Crippen LogP contribution in [0.15, 0.2) is 12.2 Å². The number of aliphatic carboxylic acids is 1. The van der Waals surface area contributed by atoms with Crippen LogP contribution < -0.4 is 5.73 Å². The molecule has 0 saturated carbocycles. The number of carbonyl (C=O) groups is 2. The third-order valence-corrected chi connectivity index (χ3v) is 10.00. The summed E-state index contributed by atoms with van der Waals surface area (Å²) >= 11 is 0. The molecule has 3 atom stereocenters. The molecule has 51 heavy (non-hydrogen) atoms. The zero-order valence-corrected chi connectivity index (χ0v) is 33.6. The summed E-state index contributed by atoms with van der Waals surface area (Å²) in [6, 6.07) is -1.47. The lowest BCUT2D eigenvalue weighted by atomic mass is 10.1. The molecule has 0 aliphatic heterocycles. The average Bonchev–Trinajstić information content (AvgIpc) is 3.10. The Morgan fingerprint density at radius 1 is 0.608 bits per heavy atom. The first kappa shape index (κ1) is 49.7. The Balaban J connectivity index is 4.03. The first-order chi connectivity index (χ1) is 24.7. The number of hydrogen-bond acceptors (Lipinski definition) is 8. The molecule has 0 bridgehead atoms. The lowest BCUT2D eigenvalue weighted by Gasteiger charge is -2.20. The van der Waals surface area contributed by atoms with Crippen LogP contribution in [0.5, 0.6) is 0 Å². The highest BCUT2D eigenvalue weighted by Gasteiger charge is 2.27. The van der Waals surface area contributed by atoms with Crippen LogP contribution in [0.4, 0.5) is 0 Å². The molecule has 302 valence electrons. The second kappa shape index (κ2) is 37.0. The number of esters is 1. The third kappa shape index (κ3) is 36.8. The van der Waals surface area contributed by atoms with E-state index in [-0.39, 0.29) is 13.0 Å². The van der Waals surface area contributed by atoms with Gasteiger partial charge in [-0.2, -0.15) is 0 Å². The van der Waals surface area contributed by atoms with Gasteiger partial charge < -0.3 is 25.2 Å². The van der Waals surface area contributed by atoms with E-state index in [2.05, 4.69) is 30.5 Å². The van der Waals surface area contributed by atoms with E-state index in [4.69, 9.17) is 24.8 Å². The van der Waals surface area contributed by atoms with Gasteiger partial charge >= 0.3 is 19.8 Å². The van der Waals surface area contributed by atoms with Crippen LogP contribution in [0.2, 0.25) is 0 Å². The van der Waals surface area contributed by atoms with Crippen molar-refractivity contribution in [1.82, 2.24) is 0 Å². The van der Waals surface area contributed by atoms with E-state index >= 15 is 0 Å². The minimum absolute atomic E-state index is 0.0203. The maximum absolute atomic E-state index is 12.5. The molecule has 0 amide bonds. The summed E-state index contributed by atoms with van der Waals surface area (Å²) in [5, 5.41) is 8.85. The van der Waals surface area contributed by atoms with Crippen molar-refractivity contribution in [2.24, 2.45) is 5.73 Å². The quantitative estimate of drug-likeness (QED) is 0.0239. The molecule has 0 fully saturated rings. The van der Waals surface area contributed by atoms with Crippen LogP contribution in [-0.2, 0) is 32.7 Å². The first-order valence-corrected chi connectivity index (χ1v) is 22.2. The number of phosphoric ester groups is 1. The zero-order valence-electron chi connectivity index (χ0n) is 32.7. The van der Waals surface area contributed by atoms with Crippen molar-refractivity contribution in [3.8, 4) is 0 Å². The molecular weight excluding hydrogens is 669 g/mol. The summed E-state index contributed by atoms with van der Waals surface area (Å²) < 4.78 is 33.1. The molecule has 0 saturated heterocycles. The number of rotatable bonds is 40. The number of hydrogen-bond donors (Lipinski definition) is 3. The van der Waals surface area contributed by atoms with Gasteiger partial charge in [-0.25, -0.2) is 4.57 Å². The molecule has 11 heteroatoms. The van der Waals surface area contributed by atoms with Crippen LogP contribution in [0, 0.1) is 0 Å². The Morgan fingerprint density at radius 2 is 1.02 bits per heavy atom. The van der Waals surface area contributed by atoms with Crippen molar-refractivity contribution in [2.75, 3.05) is 26.4 Å². The Kier molecular flexibility index (Phi) is 36.1. The monoisotopic (exact) mass is 748 g/mol. The molecule has 10 nitrogen and oxygen atoms in total. The maximum Gasteiger partial charge on any atom is 0.472 e. The largest absolute Gasteiger partial charge is 0.480 e. The standard InChI is InChI=1S/C40H78NO9P/c1-3-5-7-9-11-12-13-14-15-16-17-18-19-20-21-22-23-24-25-27-29-31-33-47-34-37(35-48-51(45,46)49-36-38(41)40(43)44)50-39(42)32-30-28-26-10-8-6-4-2/h16-17,37-38H,3-15,18-36,41H2,1-2H3,(H,43,44)(H,45,46)/b17-16-. The van der Waals surface area contributed by atoms with E-state index in [1.165, 1.54) is 128 Å². The van der Waals surface area contributed by atoms with Gasteiger partial charge in [-0.05, 0) is 38.5 Å². The summed E-state index contributed by atoms with van der Waals surface area (Å²) in [4.78, 5) is 33.2. The van der Waals surface area contributed by atoms with Gasteiger partial charge in [-0.1, -0.05) is 161 Å². The molecule has 3 unspecified atom stereocenters. The Morgan fingerprint density at radius 3 is 1.49 bits per heavy atom. The topological polar surface area (TPSA) is 155 Å². The summed E-state index contributed by atoms with van der Waals surface area (Å²) in [7, 11) is -4.60. The van der Waals surface area contributed by atoms with Crippen molar-refractivity contribution < 1.29 is 42.7 Å². The fourth-order valence-electron chi connectivity index (χ4n) is 5.77. The molecular formula is C40H78NO9P. The number of ether oxygens (including phenoxy) is 2. The predicted octanol–water partition coefficient (Wildman–Crippen LogP) is 11.0. The highest BCUT2D eigenvalue weighted by atomic mass is 31.2. The lowest BCUT2D eigenvalue weighted by molar-refractivity contribution is -0.154. The third-order valence-electron chi connectivity index (χ3n) is 9.04. The van der Waals surface area contributed by atoms with E-state index < -0.39 is 45.1 Å². The predicted molar refractivity (Wildman–Crippen MR) is 208 cm³/mol. The van der Waals surface area contributed by atoms with Crippen LogP contribution >= 0.6 is 7.82 Å². The van der Waals surface area contributed by atoms with Gasteiger partial charge in [0.25, 0.3) is 0 Å². The van der Waals surface area contributed by atoms with Gasteiger partial charge in [0.2, 0.25) is 0 Å². The fourth-order valence-corrected chi connectivity index (χ4v) is 6.55. The molecule has 0 spiro atoms. The Hall–Kier alpha value is -1.29. The van der Waals surface area contributed by atoms with E-state index in [0.29, 0.717) is 13.0 Å². The van der Waals surface area contributed by atoms with Crippen molar-refractivity contribution in [3.05, 3.63) is 12.2 Å². The van der Waals surface area contributed by atoms with E-state index in [9.17, 15) is 19.0 Å². The molecule has 0 aromatic rings. The first-order valence-electron chi connectivity index (χ1n) is 20.7. The molecule has 0 radical (unpaired) electrons. The van der Waals surface area contributed by atoms with Gasteiger partial charge in [0.05, 0.1) is 19.8 Å². The van der Waals surface area contributed by atoms with E-state index in [0.717, 1.165) is 38.5 Å². The van der Waals surface area contributed by atoms with Crippen LogP contribution in [-0.4, -0.2) is 60.5 Å². The highest BCUT2D eigenvalue weighted by molar-refractivity contribution is 7.47. The van der Waals surface area contributed by atoms with Crippen LogP contribution in [0.25, 0.3) is 0 Å². The summed E-state index contributed by atoms with van der Waals surface area (Å²) in [6.07, 6.45) is 37.2. The molecule has 0 aliphatic carbocycles. The number of allylic oxidation sites excluding steroid dienone is 2. The highest BCUT2D eigenvalue weighted by Crippen LogP contribution is 2.43. The van der Waals surface area contributed by atoms with Crippen LogP contribution in [0.1, 0.15) is 194 Å².